The van der Waals surface area contributed by atoms with Crippen molar-refractivity contribution in [1.29, 1.82) is 0 Å². The quantitative estimate of drug-likeness (QED) is 0.404. The second-order valence-corrected chi connectivity index (χ2v) is 2.59. The van der Waals surface area contributed by atoms with Gasteiger partial charge in [-0.2, -0.15) is 22.0 Å². The van der Waals surface area contributed by atoms with Crippen LogP contribution in [0.15, 0.2) is 11.7 Å². The van der Waals surface area contributed by atoms with E-state index in [0.717, 1.165) is 0 Å². The summed E-state index contributed by atoms with van der Waals surface area (Å²) in [5, 5.41) is 0. The fourth-order valence-electron chi connectivity index (χ4n) is 0.573. The molecule has 0 rings (SSSR count). The van der Waals surface area contributed by atoms with Gasteiger partial charge in [0.1, 0.15) is 0 Å². The molecule has 0 amide bonds. The Balaban J connectivity index is 4.90. The molecule has 14 heavy (non-hydrogen) atoms. The van der Waals surface area contributed by atoms with Crippen molar-refractivity contribution in [3.8, 4) is 0 Å². The Hall–Kier alpha value is -1.14. The zero-order valence-electron chi connectivity index (χ0n) is 7.28. The van der Waals surface area contributed by atoms with Crippen LogP contribution in [0, 0.1) is 0 Å². The number of hydrogen-bond donors (Lipinski definition) is 0. The number of carbonyl (C=O) groups is 1. The van der Waals surface area contributed by atoms with Gasteiger partial charge >= 0.3 is 12.1 Å². The van der Waals surface area contributed by atoms with Gasteiger partial charge < -0.3 is 4.74 Å². The topological polar surface area (TPSA) is 26.3 Å². The average molecular weight is 218 g/mol. The monoisotopic (exact) mass is 218 g/mol. The molecule has 0 aromatic heterocycles. The minimum absolute atomic E-state index is 0.890. The van der Waals surface area contributed by atoms with Gasteiger partial charge in [0.2, 0.25) is 5.57 Å². The summed E-state index contributed by atoms with van der Waals surface area (Å²) in [6.45, 7) is 2.50. The van der Waals surface area contributed by atoms with Gasteiger partial charge in [0, 0.05) is 0 Å². The van der Waals surface area contributed by atoms with E-state index in [1.54, 1.807) is 0 Å². The zero-order valence-corrected chi connectivity index (χ0v) is 7.28. The Kier molecular flexibility index (Phi) is 4.03. The lowest BCUT2D eigenvalue weighted by molar-refractivity contribution is -0.155. The Morgan fingerprint density at radius 3 is 1.86 bits per heavy atom. The van der Waals surface area contributed by atoms with Gasteiger partial charge in [-0.3, -0.25) is 0 Å². The first kappa shape index (κ1) is 12.9. The van der Waals surface area contributed by atoms with Gasteiger partial charge in [-0.15, -0.1) is 0 Å². The summed E-state index contributed by atoms with van der Waals surface area (Å²) in [6.07, 6.45) is -9.38. The lowest BCUT2D eigenvalue weighted by Gasteiger charge is -2.11. The zero-order chi connectivity index (χ0) is 11.5. The second-order valence-electron chi connectivity index (χ2n) is 2.59. The van der Waals surface area contributed by atoms with Crippen molar-refractivity contribution >= 4 is 5.97 Å². The summed E-state index contributed by atoms with van der Waals surface area (Å²) in [4.78, 5) is 10.6. The van der Waals surface area contributed by atoms with Crippen LogP contribution in [0.1, 0.15) is 13.8 Å². The van der Waals surface area contributed by atoms with E-state index in [1.807, 2.05) is 0 Å². The van der Waals surface area contributed by atoms with Gasteiger partial charge in [-0.25, -0.2) is 4.79 Å². The van der Waals surface area contributed by atoms with Crippen LogP contribution >= 0.6 is 0 Å². The van der Waals surface area contributed by atoms with Gasteiger partial charge in [-0.05, 0) is 13.8 Å². The number of carbonyl (C=O) groups excluding carboxylic acids is 1. The van der Waals surface area contributed by atoms with Crippen LogP contribution in [-0.4, -0.2) is 18.2 Å². The number of ether oxygens (including phenoxy) is 1. The normalized spacial score (nSPS) is 11.4. The van der Waals surface area contributed by atoms with Crippen LogP contribution in [0.3, 0.4) is 0 Å². The lowest BCUT2D eigenvalue weighted by Crippen LogP contribution is -2.25. The van der Waals surface area contributed by atoms with E-state index in [4.69, 9.17) is 0 Å². The van der Waals surface area contributed by atoms with Crippen molar-refractivity contribution in [3.63, 3.8) is 0 Å². The van der Waals surface area contributed by atoms with Crippen LogP contribution in [0.5, 0.6) is 0 Å². The average Bonchev–Trinajstić information content (AvgIpc) is 1.78. The SMILES string of the molecule is CC(C)OC(=O)C(=C(F)F)C(F)(F)F. The summed E-state index contributed by atoms with van der Waals surface area (Å²) in [7, 11) is 0. The van der Waals surface area contributed by atoms with Crippen LogP contribution in [0.2, 0.25) is 0 Å². The van der Waals surface area contributed by atoms with Crippen LogP contribution in [0.4, 0.5) is 22.0 Å². The third-order valence-corrected chi connectivity index (χ3v) is 1.02. The van der Waals surface area contributed by atoms with E-state index in [2.05, 4.69) is 4.74 Å². The molecule has 0 radical (unpaired) electrons. The van der Waals surface area contributed by atoms with E-state index in [0.29, 0.717) is 0 Å². The van der Waals surface area contributed by atoms with Crippen molar-refractivity contribution < 1.29 is 31.5 Å². The first-order valence-electron chi connectivity index (χ1n) is 3.49. The number of rotatable bonds is 2. The standard InChI is InChI=1S/C7H7F5O2/c1-3(2)14-6(13)4(5(8)9)7(10,11)12/h3H,1-2H3. The maximum absolute atomic E-state index is 11.8. The highest BCUT2D eigenvalue weighted by Gasteiger charge is 2.44. The minimum atomic E-state index is -5.40. The molecule has 0 spiro atoms. The maximum atomic E-state index is 11.8. The fourth-order valence-corrected chi connectivity index (χ4v) is 0.573. The molecule has 0 aliphatic heterocycles. The van der Waals surface area contributed by atoms with E-state index >= 15 is 0 Å². The van der Waals surface area contributed by atoms with E-state index in [1.165, 1.54) is 13.8 Å². The fraction of sp³-hybridized carbons (Fsp3) is 0.571. The Morgan fingerprint density at radius 1 is 1.21 bits per heavy atom. The Bertz CT molecular complexity index is 249. The smallest absolute Gasteiger partial charge is 0.428 e. The number of hydrogen-bond acceptors (Lipinski definition) is 2. The van der Waals surface area contributed by atoms with Gasteiger partial charge in [0.25, 0.3) is 6.08 Å². The molecule has 0 heterocycles. The van der Waals surface area contributed by atoms with Crippen molar-refractivity contribution in [3.05, 3.63) is 11.7 Å². The molecular weight excluding hydrogens is 211 g/mol. The highest BCUT2D eigenvalue weighted by molar-refractivity contribution is 5.90. The Morgan fingerprint density at radius 2 is 1.64 bits per heavy atom. The molecule has 0 aromatic carbocycles. The number of halogens is 5. The third-order valence-electron chi connectivity index (χ3n) is 1.02. The molecule has 0 saturated heterocycles. The number of alkyl halides is 3. The molecule has 0 aromatic rings. The molecule has 0 aliphatic carbocycles. The highest BCUT2D eigenvalue weighted by Crippen LogP contribution is 2.30. The van der Waals surface area contributed by atoms with Crippen molar-refractivity contribution in [2.24, 2.45) is 0 Å². The van der Waals surface area contributed by atoms with Gasteiger partial charge in [0.05, 0.1) is 6.10 Å². The summed E-state index contributed by atoms with van der Waals surface area (Å²) in [5.41, 5.74) is -2.55. The molecular formula is C7H7F5O2. The maximum Gasteiger partial charge on any atom is 0.428 e. The third kappa shape index (κ3) is 3.71. The summed E-state index contributed by atoms with van der Waals surface area (Å²) < 4.78 is 63.0. The highest BCUT2D eigenvalue weighted by atomic mass is 19.4. The molecule has 82 valence electrons. The minimum Gasteiger partial charge on any atom is -0.459 e. The van der Waals surface area contributed by atoms with Crippen molar-refractivity contribution in [2.45, 2.75) is 26.1 Å². The first-order chi connectivity index (χ1) is 6.16. The van der Waals surface area contributed by atoms with Crippen molar-refractivity contribution in [2.75, 3.05) is 0 Å². The van der Waals surface area contributed by atoms with Crippen molar-refractivity contribution in [1.82, 2.24) is 0 Å². The molecule has 0 N–H and O–H groups in total. The van der Waals surface area contributed by atoms with E-state index in [9.17, 15) is 26.7 Å². The predicted octanol–water partition coefficient (Wildman–Crippen LogP) is 2.65. The summed E-state index contributed by atoms with van der Waals surface area (Å²) in [6, 6.07) is 0. The van der Waals surface area contributed by atoms with E-state index < -0.39 is 29.9 Å². The molecule has 0 atom stereocenters. The van der Waals surface area contributed by atoms with E-state index in [-0.39, 0.29) is 0 Å². The van der Waals surface area contributed by atoms with Gasteiger partial charge in [0.15, 0.2) is 0 Å². The number of esters is 1. The van der Waals surface area contributed by atoms with Crippen LogP contribution < -0.4 is 0 Å². The molecule has 7 heteroatoms. The molecule has 0 fully saturated rings. The molecule has 0 bridgehead atoms. The molecule has 0 aliphatic rings. The first-order valence-corrected chi connectivity index (χ1v) is 3.49. The molecule has 0 saturated carbocycles. The lowest BCUT2D eigenvalue weighted by atomic mass is 10.3. The van der Waals surface area contributed by atoms with Crippen LogP contribution in [0.25, 0.3) is 0 Å². The summed E-state index contributed by atoms with van der Waals surface area (Å²) >= 11 is 0. The largest absolute Gasteiger partial charge is 0.459 e. The molecule has 2 nitrogen and oxygen atoms in total. The predicted molar refractivity (Wildman–Crippen MR) is 36.5 cm³/mol. The second kappa shape index (κ2) is 4.39. The molecule has 0 unspecified atom stereocenters. The van der Waals surface area contributed by atoms with Gasteiger partial charge in [-0.1, -0.05) is 0 Å². The Labute approximate surface area is 76.3 Å². The van der Waals surface area contributed by atoms with Crippen LogP contribution in [-0.2, 0) is 9.53 Å². The summed E-state index contributed by atoms with van der Waals surface area (Å²) in [5.74, 6) is -2.06.